The Kier molecular flexibility index (Phi) is 7.93. The lowest BCUT2D eigenvalue weighted by Gasteiger charge is -2.23. The average Bonchev–Trinajstić information content (AvgIpc) is 2.80. The van der Waals surface area contributed by atoms with Crippen LogP contribution in [0.5, 0.6) is 11.5 Å². The lowest BCUT2D eigenvalue weighted by Crippen LogP contribution is -2.40. The van der Waals surface area contributed by atoms with Gasteiger partial charge in [0.05, 0.1) is 21.7 Å². The van der Waals surface area contributed by atoms with Gasteiger partial charge in [-0.2, -0.15) is 4.31 Å². The Morgan fingerprint density at radius 1 is 0.938 bits per heavy atom. The van der Waals surface area contributed by atoms with Crippen LogP contribution in [0.1, 0.15) is 19.4 Å². The summed E-state index contributed by atoms with van der Waals surface area (Å²) < 4.78 is 39.3. The first-order chi connectivity index (χ1) is 15.4. The first-order valence-corrected chi connectivity index (χ1v) is 12.4. The molecule has 8 heteroatoms. The number of halogens is 1. The molecule has 0 radical (unpaired) electrons. The predicted molar refractivity (Wildman–Crippen MR) is 128 cm³/mol. The van der Waals surface area contributed by atoms with Crippen LogP contribution in [-0.4, -0.2) is 27.5 Å². The van der Waals surface area contributed by atoms with E-state index in [1.54, 1.807) is 36.4 Å². The zero-order chi connectivity index (χ0) is 23.1. The second kappa shape index (κ2) is 10.7. The Balaban J connectivity index is 1.92. The fourth-order valence-corrected chi connectivity index (χ4v) is 5.01. The molecule has 6 nitrogen and oxygen atoms in total. The number of ether oxygens (including phenoxy) is 2. The van der Waals surface area contributed by atoms with E-state index in [0.717, 1.165) is 16.3 Å². The van der Waals surface area contributed by atoms with Crippen LogP contribution in [0.15, 0.2) is 82.2 Å². The maximum atomic E-state index is 13.4. The molecule has 0 bridgehead atoms. The summed E-state index contributed by atoms with van der Waals surface area (Å²) in [5.74, 6) is 0.320. The van der Waals surface area contributed by atoms with E-state index in [0.29, 0.717) is 22.6 Å². The summed E-state index contributed by atoms with van der Waals surface area (Å²) in [5, 5.41) is 0. The molecule has 0 fully saturated rings. The maximum Gasteiger partial charge on any atom is 0.278 e. The van der Waals surface area contributed by atoms with Gasteiger partial charge >= 0.3 is 0 Å². The van der Waals surface area contributed by atoms with Crippen molar-refractivity contribution < 1.29 is 22.7 Å². The minimum Gasteiger partial charge on any atom is -0.494 e. The van der Waals surface area contributed by atoms with E-state index in [2.05, 4.69) is 15.9 Å². The normalized spacial score (nSPS) is 11.1. The molecule has 0 N–H and O–H groups in total. The van der Waals surface area contributed by atoms with Crippen molar-refractivity contribution in [1.82, 2.24) is 0 Å². The van der Waals surface area contributed by atoms with Crippen LogP contribution in [0.2, 0.25) is 0 Å². The number of anilines is 1. The summed E-state index contributed by atoms with van der Waals surface area (Å²) in [6, 6.07) is 19.7. The lowest BCUT2D eigenvalue weighted by atomic mass is 10.2. The van der Waals surface area contributed by atoms with Crippen molar-refractivity contribution in [2.45, 2.75) is 25.2 Å². The molecule has 0 aliphatic heterocycles. The molecule has 3 rings (SSSR count). The highest BCUT2D eigenvalue weighted by Crippen LogP contribution is 2.28. The molecule has 0 aromatic heterocycles. The van der Waals surface area contributed by atoms with E-state index >= 15 is 0 Å². The number of hydrogen-bond donors (Lipinski definition) is 0. The van der Waals surface area contributed by atoms with Crippen molar-refractivity contribution in [3.05, 3.63) is 82.8 Å². The van der Waals surface area contributed by atoms with E-state index < -0.39 is 22.5 Å². The van der Waals surface area contributed by atoms with Crippen LogP contribution >= 0.6 is 15.9 Å². The molecule has 0 saturated heterocycles. The van der Waals surface area contributed by atoms with Gasteiger partial charge in [-0.1, -0.05) is 31.2 Å². The van der Waals surface area contributed by atoms with E-state index in [9.17, 15) is 13.2 Å². The van der Waals surface area contributed by atoms with Crippen molar-refractivity contribution in [1.29, 1.82) is 0 Å². The molecule has 0 spiro atoms. The lowest BCUT2D eigenvalue weighted by molar-refractivity contribution is -0.119. The number of carbonyl (C=O) groups excluding carboxylic acids is 1. The minimum absolute atomic E-state index is 0.00992. The standard InChI is InChI=1S/C24H24BrNO5S/c1-3-18-10-15-23(22(25)16-18)31-17-24(27)26(19-11-13-20(14-12-19)30-4-2)32(28,29)21-8-6-5-7-9-21/h5-16H,3-4,17H2,1-2H3. The molecule has 3 aromatic rings. The Bertz CT molecular complexity index is 1160. The Hall–Kier alpha value is -2.84. The molecule has 1 amide bonds. The van der Waals surface area contributed by atoms with Crippen LogP contribution < -0.4 is 13.8 Å². The second-order valence-electron chi connectivity index (χ2n) is 6.81. The van der Waals surface area contributed by atoms with Crippen LogP contribution in [0, 0.1) is 0 Å². The minimum atomic E-state index is -4.15. The summed E-state index contributed by atoms with van der Waals surface area (Å²) in [6.45, 7) is 3.91. The average molecular weight is 518 g/mol. The Labute approximate surface area is 197 Å². The van der Waals surface area contributed by atoms with Gasteiger partial charge in [-0.3, -0.25) is 4.79 Å². The second-order valence-corrected chi connectivity index (χ2v) is 9.45. The van der Waals surface area contributed by atoms with Gasteiger partial charge in [-0.05, 0) is 83.4 Å². The number of sulfonamides is 1. The summed E-state index contributed by atoms with van der Waals surface area (Å²) in [7, 11) is -4.15. The molecule has 0 saturated carbocycles. The van der Waals surface area contributed by atoms with E-state index in [1.807, 2.05) is 26.0 Å². The highest BCUT2D eigenvalue weighted by molar-refractivity contribution is 9.10. The Morgan fingerprint density at radius 3 is 2.22 bits per heavy atom. The van der Waals surface area contributed by atoms with Gasteiger partial charge < -0.3 is 9.47 Å². The third-order valence-electron chi connectivity index (χ3n) is 4.65. The summed E-state index contributed by atoms with van der Waals surface area (Å²) in [5.41, 5.74) is 1.31. The van der Waals surface area contributed by atoms with Gasteiger partial charge in [-0.25, -0.2) is 8.42 Å². The number of benzene rings is 3. The van der Waals surface area contributed by atoms with E-state index in [4.69, 9.17) is 9.47 Å². The fraction of sp³-hybridized carbons (Fsp3) is 0.208. The van der Waals surface area contributed by atoms with E-state index in [1.165, 1.54) is 24.3 Å². The molecule has 168 valence electrons. The Morgan fingerprint density at radius 2 is 1.62 bits per heavy atom. The molecule has 0 atom stereocenters. The van der Waals surface area contributed by atoms with Crippen molar-refractivity contribution >= 4 is 37.5 Å². The first-order valence-electron chi connectivity index (χ1n) is 10.1. The van der Waals surface area contributed by atoms with Gasteiger partial charge in [0, 0.05) is 0 Å². The largest absolute Gasteiger partial charge is 0.494 e. The summed E-state index contributed by atoms with van der Waals surface area (Å²) >= 11 is 3.44. The zero-order valence-corrected chi connectivity index (χ0v) is 20.2. The number of aryl methyl sites for hydroxylation is 1. The highest BCUT2D eigenvalue weighted by Gasteiger charge is 2.31. The quantitative estimate of drug-likeness (QED) is 0.389. The van der Waals surface area contributed by atoms with Crippen molar-refractivity contribution in [3.8, 4) is 11.5 Å². The molecule has 3 aromatic carbocycles. The predicted octanol–water partition coefficient (Wildman–Crippen LogP) is 5.21. The molecule has 32 heavy (non-hydrogen) atoms. The third-order valence-corrected chi connectivity index (χ3v) is 7.03. The van der Waals surface area contributed by atoms with Gasteiger partial charge in [0.25, 0.3) is 15.9 Å². The fourth-order valence-electron chi connectivity index (χ4n) is 3.04. The topological polar surface area (TPSA) is 72.9 Å². The van der Waals surface area contributed by atoms with Crippen molar-refractivity contribution in [3.63, 3.8) is 0 Å². The number of rotatable bonds is 9. The highest BCUT2D eigenvalue weighted by atomic mass is 79.9. The molecule has 0 unspecified atom stereocenters. The van der Waals surface area contributed by atoms with E-state index in [-0.39, 0.29) is 10.6 Å². The molecule has 0 heterocycles. The molecule has 0 aliphatic rings. The molecule has 0 aliphatic carbocycles. The monoisotopic (exact) mass is 517 g/mol. The molecular formula is C24H24BrNO5S. The number of hydrogen-bond acceptors (Lipinski definition) is 5. The van der Waals surface area contributed by atoms with Gasteiger partial charge in [0.15, 0.2) is 6.61 Å². The van der Waals surface area contributed by atoms with Gasteiger partial charge in [0.1, 0.15) is 11.5 Å². The summed E-state index contributed by atoms with van der Waals surface area (Å²) in [6.07, 6.45) is 0.860. The smallest absolute Gasteiger partial charge is 0.278 e. The third kappa shape index (κ3) is 5.49. The number of nitrogens with zero attached hydrogens (tertiary/aromatic N) is 1. The first kappa shape index (κ1) is 23.8. The van der Waals surface area contributed by atoms with Crippen LogP contribution in [0.4, 0.5) is 5.69 Å². The van der Waals surface area contributed by atoms with Crippen LogP contribution in [-0.2, 0) is 21.2 Å². The van der Waals surface area contributed by atoms with Crippen molar-refractivity contribution in [2.75, 3.05) is 17.5 Å². The maximum absolute atomic E-state index is 13.4. The number of carbonyl (C=O) groups is 1. The zero-order valence-electron chi connectivity index (χ0n) is 17.8. The van der Waals surface area contributed by atoms with Crippen molar-refractivity contribution in [2.24, 2.45) is 0 Å². The molecular weight excluding hydrogens is 494 g/mol. The van der Waals surface area contributed by atoms with Crippen LogP contribution in [0.3, 0.4) is 0 Å². The number of amides is 1. The summed E-state index contributed by atoms with van der Waals surface area (Å²) in [4.78, 5) is 13.2. The SMILES string of the molecule is CCOc1ccc(N(C(=O)COc2ccc(CC)cc2Br)S(=O)(=O)c2ccccc2)cc1. The van der Waals surface area contributed by atoms with Gasteiger partial charge in [-0.15, -0.1) is 0 Å². The van der Waals surface area contributed by atoms with Crippen LogP contribution in [0.25, 0.3) is 0 Å². The van der Waals surface area contributed by atoms with Gasteiger partial charge in [0.2, 0.25) is 0 Å².